The summed E-state index contributed by atoms with van der Waals surface area (Å²) in [6, 6.07) is 0. The van der Waals surface area contributed by atoms with Crippen LogP contribution in [0.2, 0.25) is 0 Å². The van der Waals surface area contributed by atoms with Gasteiger partial charge in [-0.25, -0.2) is 0 Å². The van der Waals surface area contributed by atoms with E-state index in [4.69, 9.17) is 22.1 Å². The maximum Gasteiger partial charge on any atom is 0.321 e. The van der Waals surface area contributed by atoms with Crippen molar-refractivity contribution >= 4 is 17.6 Å². The third-order valence-corrected chi connectivity index (χ3v) is 1.34. The number of ether oxygens (including phenoxy) is 1. The molecule has 4 heteroatoms. The quantitative estimate of drug-likeness (QED) is 0.488. The Morgan fingerprint density at radius 3 is 2.70 bits per heavy atom. The van der Waals surface area contributed by atoms with Gasteiger partial charge in [-0.1, -0.05) is 6.92 Å². The zero-order valence-corrected chi connectivity index (χ0v) is 6.73. The van der Waals surface area contributed by atoms with Crippen LogP contribution in [0, 0.1) is 0 Å². The second-order valence-corrected chi connectivity index (χ2v) is 2.16. The number of alkyl halides is 1. The van der Waals surface area contributed by atoms with E-state index in [1.54, 1.807) is 0 Å². The maximum atomic E-state index is 10.5. The topological polar surface area (TPSA) is 52.3 Å². The van der Waals surface area contributed by atoms with Crippen LogP contribution in [0.5, 0.6) is 0 Å². The van der Waals surface area contributed by atoms with Crippen molar-refractivity contribution in [2.24, 2.45) is 5.73 Å². The van der Waals surface area contributed by atoms with Gasteiger partial charge in [0, 0.05) is 6.54 Å². The summed E-state index contributed by atoms with van der Waals surface area (Å²) in [5, 5.41) is 0. The predicted octanol–water partition coefficient (Wildman–Crippen LogP) is 0.506. The first-order chi connectivity index (χ1) is 4.74. The minimum absolute atomic E-state index is 0.101. The number of halogens is 1. The molecule has 0 aromatic carbocycles. The Morgan fingerprint density at radius 2 is 2.40 bits per heavy atom. The van der Waals surface area contributed by atoms with Gasteiger partial charge in [-0.15, -0.1) is 11.6 Å². The van der Waals surface area contributed by atoms with E-state index < -0.39 is 5.97 Å². The lowest BCUT2D eigenvalue weighted by Crippen LogP contribution is -2.26. The zero-order chi connectivity index (χ0) is 7.98. The monoisotopic (exact) mass is 165 g/mol. The van der Waals surface area contributed by atoms with E-state index in [0.29, 0.717) is 6.54 Å². The summed E-state index contributed by atoms with van der Waals surface area (Å²) in [6.07, 6.45) is 0.560. The van der Waals surface area contributed by atoms with Gasteiger partial charge in [-0.2, -0.15) is 0 Å². The highest BCUT2D eigenvalue weighted by Gasteiger charge is 2.08. The molecular weight excluding hydrogens is 154 g/mol. The van der Waals surface area contributed by atoms with Gasteiger partial charge >= 0.3 is 5.97 Å². The first kappa shape index (κ1) is 9.72. The Labute approximate surface area is 65.5 Å². The van der Waals surface area contributed by atoms with Crippen molar-refractivity contribution in [3.63, 3.8) is 0 Å². The third-order valence-electron chi connectivity index (χ3n) is 1.13. The number of hydrogen-bond acceptors (Lipinski definition) is 3. The molecule has 0 spiro atoms. The van der Waals surface area contributed by atoms with Crippen LogP contribution in [0.3, 0.4) is 0 Å². The summed E-state index contributed by atoms with van der Waals surface area (Å²) in [5.74, 6) is -0.504. The van der Waals surface area contributed by atoms with E-state index in [2.05, 4.69) is 0 Å². The molecule has 10 heavy (non-hydrogen) atoms. The smallest absolute Gasteiger partial charge is 0.321 e. The van der Waals surface area contributed by atoms with E-state index in [-0.39, 0.29) is 12.0 Å². The van der Waals surface area contributed by atoms with E-state index in [1.165, 1.54) is 0 Å². The standard InChI is InChI=1S/C6H12ClNO2/c1-2-5(4-8)10-6(9)3-7/h5H,2-4,8H2,1H3. The lowest BCUT2D eigenvalue weighted by molar-refractivity contribution is -0.145. The molecule has 0 aliphatic rings. The van der Waals surface area contributed by atoms with Gasteiger partial charge in [0.2, 0.25) is 0 Å². The molecule has 1 unspecified atom stereocenters. The van der Waals surface area contributed by atoms with Crippen LogP contribution >= 0.6 is 11.6 Å². The van der Waals surface area contributed by atoms with Crippen LogP contribution in [0.1, 0.15) is 13.3 Å². The molecule has 0 bridgehead atoms. The number of carbonyl (C=O) groups is 1. The number of rotatable bonds is 4. The van der Waals surface area contributed by atoms with Crippen LogP contribution in [0.25, 0.3) is 0 Å². The predicted molar refractivity (Wildman–Crippen MR) is 39.9 cm³/mol. The molecule has 0 amide bonds. The molecule has 0 fully saturated rings. The Bertz CT molecular complexity index is 104. The van der Waals surface area contributed by atoms with Gasteiger partial charge in [-0.3, -0.25) is 4.79 Å². The molecule has 0 rings (SSSR count). The van der Waals surface area contributed by atoms with Gasteiger partial charge in [-0.05, 0) is 6.42 Å². The molecule has 0 saturated heterocycles. The fourth-order valence-corrected chi connectivity index (χ4v) is 0.578. The van der Waals surface area contributed by atoms with Crippen molar-refractivity contribution in [3.05, 3.63) is 0 Å². The number of hydrogen-bond donors (Lipinski definition) is 1. The zero-order valence-electron chi connectivity index (χ0n) is 5.97. The summed E-state index contributed by atoms with van der Waals surface area (Å²) < 4.78 is 4.80. The maximum absolute atomic E-state index is 10.5. The summed E-state index contributed by atoms with van der Waals surface area (Å²) in [5.41, 5.74) is 5.27. The number of nitrogens with two attached hydrogens (primary N) is 1. The molecule has 0 aromatic heterocycles. The van der Waals surface area contributed by atoms with Crippen molar-refractivity contribution in [3.8, 4) is 0 Å². The highest BCUT2D eigenvalue weighted by atomic mass is 35.5. The van der Waals surface area contributed by atoms with Gasteiger partial charge < -0.3 is 10.5 Å². The van der Waals surface area contributed by atoms with Crippen LogP contribution in [0.4, 0.5) is 0 Å². The summed E-state index contributed by atoms with van der Waals surface area (Å²) in [4.78, 5) is 10.5. The van der Waals surface area contributed by atoms with Crippen LogP contribution in [0.15, 0.2) is 0 Å². The third kappa shape index (κ3) is 3.69. The molecule has 3 nitrogen and oxygen atoms in total. The van der Waals surface area contributed by atoms with Crippen molar-refractivity contribution in [1.82, 2.24) is 0 Å². The van der Waals surface area contributed by atoms with E-state index in [9.17, 15) is 4.79 Å². The Hall–Kier alpha value is -0.280. The largest absolute Gasteiger partial charge is 0.460 e. The lowest BCUT2D eigenvalue weighted by atomic mass is 10.3. The molecule has 60 valence electrons. The second kappa shape index (κ2) is 5.50. The summed E-state index contributed by atoms with van der Waals surface area (Å²) in [6.45, 7) is 2.26. The first-order valence-corrected chi connectivity index (χ1v) is 3.73. The Balaban J connectivity index is 3.52. The minimum Gasteiger partial charge on any atom is -0.460 e. The van der Waals surface area contributed by atoms with Crippen LogP contribution < -0.4 is 5.73 Å². The van der Waals surface area contributed by atoms with E-state index in [1.807, 2.05) is 6.92 Å². The Morgan fingerprint density at radius 1 is 1.80 bits per heavy atom. The number of esters is 1. The Kier molecular flexibility index (Phi) is 5.35. The van der Waals surface area contributed by atoms with Crippen LogP contribution in [-0.2, 0) is 9.53 Å². The molecule has 0 aliphatic carbocycles. The van der Waals surface area contributed by atoms with Crippen molar-refractivity contribution in [2.75, 3.05) is 12.4 Å². The van der Waals surface area contributed by atoms with Gasteiger partial charge in [0.1, 0.15) is 12.0 Å². The fraction of sp³-hybridized carbons (Fsp3) is 0.833. The summed E-state index contributed by atoms with van der Waals surface area (Å²) >= 11 is 5.19. The van der Waals surface area contributed by atoms with Gasteiger partial charge in [0.25, 0.3) is 0 Å². The fourth-order valence-electron chi connectivity index (χ4n) is 0.516. The molecule has 0 heterocycles. The average Bonchev–Trinajstić information content (AvgIpc) is 1.99. The molecular formula is C6H12ClNO2. The van der Waals surface area contributed by atoms with Crippen molar-refractivity contribution < 1.29 is 9.53 Å². The molecule has 0 aromatic rings. The normalized spacial score (nSPS) is 12.7. The molecule has 0 radical (unpaired) electrons. The molecule has 0 saturated carbocycles. The van der Waals surface area contributed by atoms with E-state index in [0.717, 1.165) is 6.42 Å². The minimum atomic E-state index is -0.404. The van der Waals surface area contributed by atoms with E-state index >= 15 is 0 Å². The number of carbonyl (C=O) groups excluding carboxylic acids is 1. The molecule has 2 N–H and O–H groups in total. The lowest BCUT2D eigenvalue weighted by Gasteiger charge is -2.11. The highest BCUT2D eigenvalue weighted by molar-refractivity contribution is 6.26. The molecule has 0 aliphatic heterocycles. The second-order valence-electron chi connectivity index (χ2n) is 1.89. The highest BCUT2D eigenvalue weighted by Crippen LogP contribution is 1.96. The first-order valence-electron chi connectivity index (χ1n) is 3.20. The summed E-state index contributed by atoms with van der Waals surface area (Å²) in [7, 11) is 0. The average molecular weight is 166 g/mol. The van der Waals surface area contributed by atoms with Gasteiger partial charge in [0.05, 0.1) is 0 Å². The molecule has 1 atom stereocenters. The SMILES string of the molecule is CCC(CN)OC(=O)CCl. The van der Waals surface area contributed by atoms with Crippen molar-refractivity contribution in [2.45, 2.75) is 19.4 Å². The van der Waals surface area contributed by atoms with Gasteiger partial charge in [0.15, 0.2) is 0 Å². The van der Waals surface area contributed by atoms with Crippen LogP contribution in [-0.4, -0.2) is 24.5 Å². The van der Waals surface area contributed by atoms with Crippen molar-refractivity contribution in [1.29, 1.82) is 0 Å².